The molecule has 4 N–H and O–H groups in total. The van der Waals surface area contributed by atoms with E-state index in [1.807, 2.05) is 6.92 Å². The lowest BCUT2D eigenvalue weighted by molar-refractivity contribution is -0.112. The zero-order chi connectivity index (χ0) is 23.5. The smallest absolute Gasteiger partial charge is 0.108 e. The molecule has 3 fully saturated rings. The van der Waals surface area contributed by atoms with Gasteiger partial charge in [-0.25, -0.2) is 0 Å². The molecule has 4 nitrogen and oxygen atoms in total. The van der Waals surface area contributed by atoms with E-state index in [2.05, 4.69) is 26.5 Å². The van der Waals surface area contributed by atoms with E-state index in [0.29, 0.717) is 36.2 Å². The van der Waals surface area contributed by atoms with Crippen molar-refractivity contribution in [2.24, 2.45) is 34.5 Å². The quantitative estimate of drug-likeness (QED) is 0.444. The van der Waals surface area contributed by atoms with Crippen LogP contribution in [-0.4, -0.2) is 44.3 Å². The predicted octanol–water partition coefficient (Wildman–Crippen LogP) is 4.76. The summed E-state index contributed by atoms with van der Waals surface area (Å²) in [6.45, 7) is 12.1. The summed E-state index contributed by atoms with van der Waals surface area (Å²) >= 11 is 0. The normalized spacial score (nSPS) is 45.0. The Morgan fingerprint density at radius 2 is 1.81 bits per heavy atom. The van der Waals surface area contributed by atoms with Crippen LogP contribution in [0.1, 0.15) is 91.9 Å². The van der Waals surface area contributed by atoms with Crippen LogP contribution >= 0.6 is 0 Å². The molecule has 0 aliphatic heterocycles. The fraction of sp³-hybridized carbons (Fsp3) is 0.857. The highest BCUT2D eigenvalue weighted by molar-refractivity contribution is 5.25. The number of hydrogen-bond donors (Lipinski definition) is 4. The van der Waals surface area contributed by atoms with E-state index in [-0.39, 0.29) is 29.5 Å². The summed E-state index contributed by atoms with van der Waals surface area (Å²) in [4.78, 5) is 0. The van der Waals surface area contributed by atoms with Crippen LogP contribution in [0.5, 0.6) is 0 Å². The molecule has 0 spiro atoms. The van der Waals surface area contributed by atoms with E-state index in [1.165, 1.54) is 18.4 Å². The van der Waals surface area contributed by atoms with Gasteiger partial charge in [0.2, 0.25) is 0 Å². The number of rotatable bonds is 6. The first-order chi connectivity index (χ1) is 14.9. The van der Waals surface area contributed by atoms with Crippen molar-refractivity contribution in [3.63, 3.8) is 0 Å². The van der Waals surface area contributed by atoms with Crippen LogP contribution in [0.25, 0.3) is 0 Å². The Hall–Kier alpha value is -0.680. The molecule has 0 aromatic heterocycles. The van der Waals surface area contributed by atoms with Crippen molar-refractivity contribution >= 4 is 0 Å². The summed E-state index contributed by atoms with van der Waals surface area (Å²) < 4.78 is 0. The molecule has 9 atom stereocenters. The van der Waals surface area contributed by atoms with Gasteiger partial charge in [-0.1, -0.05) is 32.1 Å². The third-order valence-electron chi connectivity index (χ3n) is 10.9. The van der Waals surface area contributed by atoms with Crippen LogP contribution in [0.2, 0.25) is 0 Å². The van der Waals surface area contributed by atoms with Crippen molar-refractivity contribution in [2.45, 2.75) is 109 Å². The number of fused-ring (bicyclic) bond motifs is 5. The standard InChI is InChI=1S/C28H46O4/c1-18(2)28(32,17-29)15-14-27(5,31)24-9-8-22-21-7-6-19-16-20(30)10-12-25(19,3)23(21)11-13-26(22,24)4/h6,20-24,29-32H,1,7-17H2,2-5H3/t20-,21-,22-,23-,24-,25-,26-,27-,28+/m0/s1. The topological polar surface area (TPSA) is 80.9 Å². The predicted molar refractivity (Wildman–Crippen MR) is 128 cm³/mol. The Morgan fingerprint density at radius 3 is 2.47 bits per heavy atom. The second kappa shape index (κ2) is 8.22. The van der Waals surface area contributed by atoms with Crippen LogP contribution in [0.4, 0.5) is 0 Å². The van der Waals surface area contributed by atoms with E-state index in [9.17, 15) is 20.4 Å². The van der Waals surface area contributed by atoms with Crippen molar-refractivity contribution in [3.8, 4) is 0 Å². The van der Waals surface area contributed by atoms with Crippen molar-refractivity contribution in [1.82, 2.24) is 0 Å². The maximum atomic E-state index is 11.7. The van der Waals surface area contributed by atoms with E-state index >= 15 is 0 Å². The average molecular weight is 447 g/mol. The van der Waals surface area contributed by atoms with Gasteiger partial charge in [-0.2, -0.15) is 0 Å². The molecule has 0 aromatic carbocycles. The van der Waals surface area contributed by atoms with Gasteiger partial charge in [-0.15, -0.1) is 0 Å². The molecule has 0 bridgehead atoms. The average Bonchev–Trinajstić information content (AvgIpc) is 3.10. The summed E-state index contributed by atoms with van der Waals surface area (Å²) in [7, 11) is 0. The zero-order valence-corrected chi connectivity index (χ0v) is 20.7. The number of allylic oxidation sites excluding steroid dienone is 1. The molecule has 182 valence electrons. The molecular weight excluding hydrogens is 400 g/mol. The minimum Gasteiger partial charge on any atom is -0.393 e. The van der Waals surface area contributed by atoms with Crippen LogP contribution in [-0.2, 0) is 0 Å². The monoisotopic (exact) mass is 446 g/mol. The first kappa shape index (κ1) is 24.4. The van der Waals surface area contributed by atoms with Gasteiger partial charge in [0.1, 0.15) is 5.60 Å². The van der Waals surface area contributed by atoms with E-state index in [4.69, 9.17) is 0 Å². The Kier molecular flexibility index (Phi) is 6.28. The van der Waals surface area contributed by atoms with Crippen molar-refractivity contribution in [3.05, 3.63) is 23.8 Å². The summed E-state index contributed by atoms with van der Waals surface area (Å²) in [6, 6.07) is 0. The first-order valence-electron chi connectivity index (χ1n) is 13.0. The second-order valence-corrected chi connectivity index (χ2v) is 12.7. The van der Waals surface area contributed by atoms with E-state index < -0.39 is 11.2 Å². The molecule has 32 heavy (non-hydrogen) atoms. The van der Waals surface area contributed by atoms with Gasteiger partial charge in [0.05, 0.1) is 18.3 Å². The van der Waals surface area contributed by atoms with Crippen LogP contribution in [0.15, 0.2) is 23.8 Å². The molecule has 4 heteroatoms. The summed E-state index contributed by atoms with van der Waals surface area (Å²) in [5, 5.41) is 42.3. The minimum atomic E-state index is -1.31. The summed E-state index contributed by atoms with van der Waals surface area (Å²) in [6.07, 6.45) is 11.7. The molecule has 0 radical (unpaired) electrons. The zero-order valence-electron chi connectivity index (χ0n) is 20.7. The third kappa shape index (κ3) is 3.74. The maximum absolute atomic E-state index is 11.7. The Bertz CT molecular complexity index is 771. The third-order valence-corrected chi connectivity index (χ3v) is 10.9. The summed E-state index contributed by atoms with van der Waals surface area (Å²) in [5.41, 5.74) is 0.229. The largest absolute Gasteiger partial charge is 0.393 e. The van der Waals surface area contributed by atoms with Gasteiger partial charge in [0.15, 0.2) is 0 Å². The lowest BCUT2D eigenvalue weighted by Crippen LogP contribution is -2.53. The van der Waals surface area contributed by atoms with Gasteiger partial charge in [0.25, 0.3) is 0 Å². The van der Waals surface area contributed by atoms with Crippen molar-refractivity contribution in [2.75, 3.05) is 6.61 Å². The molecule has 4 aliphatic rings. The van der Waals surface area contributed by atoms with Gasteiger partial charge in [0, 0.05) is 0 Å². The lowest BCUT2D eigenvalue weighted by Gasteiger charge is -2.59. The highest BCUT2D eigenvalue weighted by atomic mass is 16.3. The highest BCUT2D eigenvalue weighted by Crippen LogP contribution is 2.67. The van der Waals surface area contributed by atoms with Gasteiger partial charge >= 0.3 is 0 Å². The highest BCUT2D eigenvalue weighted by Gasteiger charge is 2.61. The first-order valence-corrected chi connectivity index (χ1v) is 13.0. The molecule has 4 aliphatic carbocycles. The SMILES string of the molecule is C=C(C)[C@](O)(CO)CC[C@](C)(O)[C@H]1CC[C@H]2[C@@H]3CC=C4C[C@@H](O)CC[C@]4(C)[C@H]3CC[C@@]21C. The Labute approximate surface area is 194 Å². The fourth-order valence-electron chi connectivity index (χ4n) is 8.72. The fourth-order valence-corrected chi connectivity index (χ4v) is 8.72. The van der Waals surface area contributed by atoms with E-state index in [1.54, 1.807) is 6.92 Å². The molecule has 4 rings (SSSR count). The van der Waals surface area contributed by atoms with Gasteiger partial charge in [-0.05, 0) is 118 Å². The molecule has 0 heterocycles. The Balaban J connectivity index is 1.53. The van der Waals surface area contributed by atoms with Gasteiger partial charge in [-0.3, -0.25) is 0 Å². The number of aliphatic hydroxyl groups excluding tert-OH is 2. The maximum Gasteiger partial charge on any atom is 0.108 e. The number of aliphatic hydroxyl groups is 4. The van der Waals surface area contributed by atoms with Crippen molar-refractivity contribution < 1.29 is 20.4 Å². The van der Waals surface area contributed by atoms with Crippen LogP contribution < -0.4 is 0 Å². The number of hydrogen-bond acceptors (Lipinski definition) is 4. The molecular formula is C28H46O4. The molecule has 0 saturated heterocycles. The van der Waals surface area contributed by atoms with Gasteiger partial charge < -0.3 is 20.4 Å². The molecule has 0 unspecified atom stereocenters. The lowest BCUT2D eigenvalue weighted by atomic mass is 9.46. The summed E-state index contributed by atoms with van der Waals surface area (Å²) in [5.74, 6) is 2.19. The van der Waals surface area contributed by atoms with Crippen LogP contribution in [0.3, 0.4) is 0 Å². The Morgan fingerprint density at radius 1 is 1.09 bits per heavy atom. The van der Waals surface area contributed by atoms with E-state index in [0.717, 1.165) is 38.5 Å². The van der Waals surface area contributed by atoms with Crippen molar-refractivity contribution in [1.29, 1.82) is 0 Å². The van der Waals surface area contributed by atoms with Crippen LogP contribution in [0, 0.1) is 34.5 Å². The molecule has 3 saturated carbocycles. The minimum absolute atomic E-state index is 0.112. The molecule has 0 amide bonds. The second-order valence-electron chi connectivity index (χ2n) is 12.7. The molecule has 0 aromatic rings.